The van der Waals surface area contributed by atoms with Crippen molar-refractivity contribution in [2.75, 3.05) is 26.2 Å². The van der Waals surface area contributed by atoms with Gasteiger partial charge in [0.15, 0.2) is 0 Å². The molecule has 0 radical (unpaired) electrons. The molecule has 1 heterocycles. The van der Waals surface area contributed by atoms with E-state index in [9.17, 15) is 8.42 Å². The summed E-state index contributed by atoms with van der Waals surface area (Å²) in [6, 6.07) is -0.0171. The highest BCUT2D eigenvalue weighted by molar-refractivity contribution is 7.86. The molecule has 1 fully saturated rings. The van der Waals surface area contributed by atoms with Crippen molar-refractivity contribution in [2.45, 2.75) is 52.5 Å². The van der Waals surface area contributed by atoms with Crippen LogP contribution >= 0.6 is 0 Å². The van der Waals surface area contributed by atoms with E-state index in [0.717, 1.165) is 25.7 Å². The van der Waals surface area contributed by atoms with Gasteiger partial charge in [0.25, 0.3) is 10.2 Å². The second-order valence-electron chi connectivity index (χ2n) is 5.39. The average Bonchev–Trinajstić information content (AvgIpc) is 2.39. The summed E-state index contributed by atoms with van der Waals surface area (Å²) in [6.45, 7) is 7.42. The predicted molar refractivity (Wildman–Crippen MR) is 77.1 cm³/mol. The zero-order valence-corrected chi connectivity index (χ0v) is 13.2. The fourth-order valence-electron chi connectivity index (χ4n) is 2.64. The molecule has 1 aliphatic rings. The van der Waals surface area contributed by atoms with Crippen molar-refractivity contribution in [3.63, 3.8) is 0 Å². The minimum Gasteiger partial charge on any atom is -0.395 e. The summed E-state index contributed by atoms with van der Waals surface area (Å²) < 4.78 is 28.4. The number of aliphatic hydroxyl groups excluding tert-OH is 1. The van der Waals surface area contributed by atoms with E-state index in [1.165, 1.54) is 4.31 Å². The maximum absolute atomic E-state index is 12.7. The zero-order chi connectivity index (χ0) is 14.5. The lowest BCUT2D eigenvalue weighted by Gasteiger charge is -2.37. The molecular formula is C13H28N2O3S. The second-order valence-corrected chi connectivity index (χ2v) is 7.28. The van der Waals surface area contributed by atoms with Crippen LogP contribution in [0.25, 0.3) is 0 Å². The molecule has 0 amide bonds. The minimum atomic E-state index is -3.43. The summed E-state index contributed by atoms with van der Waals surface area (Å²) in [4.78, 5) is 0. The lowest BCUT2D eigenvalue weighted by Crippen LogP contribution is -2.51. The van der Waals surface area contributed by atoms with E-state index in [2.05, 4.69) is 6.92 Å². The molecule has 1 rings (SSSR count). The Morgan fingerprint density at radius 1 is 1.26 bits per heavy atom. The van der Waals surface area contributed by atoms with Gasteiger partial charge >= 0.3 is 0 Å². The van der Waals surface area contributed by atoms with Gasteiger partial charge < -0.3 is 5.11 Å². The van der Waals surface area contributed by atoms with Gasteiger partial charge in [-0.15, -0.1) is 0 Å². The quantitative estimate of drug-likeness (QED) is 0.772. The van der Waals surface area contributed by atoms with Crippen molar-refractivity contribution in [2.24, 2.45) is 5.92 Å². The molecule has 0 aromatic carbocycles. The molecule has 0 saturated carbocycles. The van der Waals surface area contributed by atoms with Gasteiger partial charge in [0.1, 0.15) is 0 Å². The van der Waals surface area contributed by atoms with E-state index in [1.54, 1.807) is 4.31 Å². The first-order chi connectivity index (χ1) is 8.97. The van der Waals surface area contributed by atoms with Gasteiger partial charge in [-0.1, -0.05) is 20.8 Å². The molecule has 0 aromatic rings. The van der Waals surface area contributed by atoms with Crippen molar-refractivity contribution in [3.05, 3.63) is 0 Å². The molecule has 0 atom stereocenters. The van der Waals surface area contributed by atoms with Crippen molar-refractivity contribution in [1.29, 1.82) is 0 Å². The number of aliphatic hydroxyl groups is 1. The lowest BCUT2D eigenvalue weighted by molar-refractivity contribution is 0.198. The Hall–Kier alpha value is -0.170. The molecule has 19 heavy (non-hydrogen) atoms. The summed E-state index contributed by atoms with van der Waals surface area (Å²) in [5.74, 6) is 0.603. The van der Waals surface area contributed by atoms with Gasteiger partial charge in [-0.3, -0.25) is 0 Å². The molecule has 114 valence electrons. The maximum Gasteiger partial charge on any atom is 0.282 e. The van der Waals surface area contributed by atoms with Gasteiger partial charge in [0.2, 0.25) is 0 Å². The molecule has 0 spiro atoms. The third-order valence-electron chi connectivity index (χ3n) is 4.04. The summed E-state index contributed by atoms with van der Waals surface area (Å²) in [6.07, 6.45) is 3.41. The first-order valence-corrected chi connectivity index (χ1v) is 8.74. The number of piperidine rings is 1. The van der Waals surface area contributed by atoms with Gasteiger partial charge in [0.05, 0.1) is 6.61 Å². The average molecular weight is 292 g/mol. The third-order valence-corrected chi connectivity index (χ3v) is 6.13. The summed E-state index contributed by atoms with van der Waals surface area (Å²) in [5.41, 5.74) is 0. The topological polar surface area (TPSA) is 60.9 Å². The van der Waals surface area contributed by atoms with Gasteiger partial charge in [-0.25, -0.2) is 0 Å². The van der Waals surface area contributed by atoms with Crippen LogP contribution in [0.5, 0.6) is 0 Å². The maximum atomic E-state index is 12.7. The Morgan fingerprint density at radius 3 is 2.21 bits per heavy atom. The van der Waals surface area contributed by atoms with Crippen molar-refractivity contribution in [1.82, 2.24) is 8.61 Å². The van der Waals surface area contributed by atoms with Crippen LogP contribution in [0.15, 0.2) is 0 Å². The van der Waals surface area contributed by atoms with Crippen molar-refractivity contribution >= 4 is 10.2 Å². The molecule has 1 saturated heterocycles. The van der Waals surface area contributed by atoms with Gasteiger partial charge in [0, 0.05) is 25.7 Å². The third kappa shape index (κ3) is 4.15. The minimum absolute atomic E-state index is 0.0171. The van der Waals surface area contributed by atoms with Crippen LogP contribution in [-0.2, 0) is 10.2 Å². The highest BCUT2D eigenvalue weighted by Gasteiger charge is 2.34. The van der Waals surface area contributed by atoms with Crippen LogP contribution in [0.3, 0.4) is 0 Å². The van der Waals surface area contributed by atoms with E-state index in [-0.39, 0.29) is 19.2 Å². The molecular weight excluding hydrogens is 264 g/mol. The summed E-state index contributed by atoms with van der Waals surface area (Å²) in [7, 11) is -3.43. The summed E-state index contributed by atoms with van der Waals surface area (Å²) >= 11 is 0. The Kier molecular flexibility index (Phi) is 6.73. The molecule has 0 unspecified atom stereocenters. The van der Waals surface area contributed by atoms with Crippen LogP contribution in [-0.4, -0.2) is 54.4 Å². The zero-order valence-electron chi connectivity index (χ0n) is 12.4. The van der Waals surface area contributed by atoms with Crippen LogP contribution in [0.1, 0.15) is 46.5 Å². The summed E-state index contributed by atoms with van der Waals surface area (Å²) in [5, 5.41) is 9.16. The van der Waals surface area contributed by atoms with E-state index in [0.29, 0.717) is 19.0 Å². The Labute approximate surface area is 117 Å². The second kappa shape index (κ2) is 7.57. The van der Waals surface area contributed by atoms with Gasteiger partial charge in [-0.2, -0.15) is 17.0 Å². The van der Waals surface area contributed by atoms with Crippen LogP contribution in [0.4, 0.5) is 0 Å². The fraction of sp³-hybridized carbons (Fsp3) is 1.00. The Balaban J connectivity index is 2.86. The molecule has 0 aromatic heterocycles. The molecule has 1 N–H and O–H groups in total. The fourth-order valence-corrected chi connectivity index (χ4v) is 4.60. The SMILES string of the molecule is CCC(CC)N(CCO)S(=O)(=O)N1CCC(C)CC1. The Bertz CT molecular complexity index is 347. The standard InChI is InChI=1S/C13H28N2O3S/c1-4-13(5-2)15(10-11-16)19(17,18)14-8-6-12(3)7-9-14/h12-13,16H,4-11H2,1-3H3. The molecule has 5 nitrogen and oxygen atoms in total. The first kappa shape index (κ1) is 16.9. The van der Waals surface area contributed by atoms with E-state index >= 15 is 0 Å². The van der Waals surface area contributed by atoms with Crippen LogP contribution < -0.4 is 0 Å². The molecule has 1 aliphatic heterocycles. The van der Waals surface area contributed by atoms with Crippen LogP contribution in [0, 0.1) is 5.92 Å². The number of rotatable bonds is 7. The highest BCUT2D eigenvalue weighted by Crippen LogP contribution is 2.23. The highest BCUT2D eigenvalue weighted by atomic mass is 32.2. The smallest absolute Gasteiger partial charge is 0.282 e. The van der Waals surface area contributed by atoms with Crippen LogP contribution in [0.2, 0.25) is 0 Å². The molecule has 6 heteroatoms. The number of nitrogens with zero attached hydrogens (tertiary/aromatic N) is 2. The normalized spacial score (nSPS) is 19.5. The Morgan fingerprint density at radius 2 is 1.79 bits per heavy atom. The molecule has 0 aliphatic carbocycles. The van der Waals surface area contributed by atoms with Crippen molar-refractivity contribution < 1.29 is 13.5 Å². The van der Waals surface area contributed by atoms with E-state index in [1.807, 2.05) is 13.8 Å². The number of hydrogen-bond donors (Lipinski definition) is 1. The van der Waals surface area contributed by atoms with E-state index < -0.39 is 10.2 Å². The largest absolute Gasteiger partial charge is 0.395 e. The van der Waals surface area contributed by atoms with Crippen molar-refractivity contribution in [3.8, 4) is 0 Å². The lowest BCUT2D eigenvalue weighted by atomic mass is 10.0. The van der Waals surface area contributed by atoms with Gasteiger partial charge in [-0.05, 0) is 31.6 Å². The first-order valence-electron chi connectivity index (χ1n) is 7.35. The predicted octanol–water partition coefficient (Wildman–Crippen LogP) is 1.45. The monoisotopic (exact) mass is 292 g/mol. The van der Waals surface area contributed by atoms with E-state index in [4.69, 9.17) is 5.11 Å². The number of hydrogen-bond acceptors (Lipinski definition) is 3. The molecule has 0 bridgehead atoms.